The number of fused-ring (bicyclic) bond motifs is 1. The molecule has 0 atom stereocenters. The average molecular weight is 361 g/mol. The van der Waals surface area contributed by atoms with Crippen molar-refractivity contribution in [3.05, 3.63) is 50.7 Å². The van der Waals surface area contributed by atoms with Crippen molar-refractivity contribution in [1.82, 2.24) is 5.32 Å². The highest BCUT2D eigenvalue weighted by Crippen LogP contribution is 2.27. The molecule has 0 saturated heterocycles. The number of amides is 1. The summed E-state index contributed by atoms with van der Waals surface area (Å²) in [5, 5.41) is 11.9. The Hall–Kier alpha value is -2.38. The van der Waals surface area contributed by atoms with Crippen molar-refractivity contribution in [2.45, 2.75) is 19.4 Å². The van der Waals surface area contributed by atoms with E-state index in [2.05, 4.69) is 5.32 Å². The molecule has 0 bridgehead atoms. The fourth-order valence-electron chi connectivity index (χ4n) is 2.74. The highest BCUT2D eigenvalue weighted by Gasteiger charge is 2.17. The average Bonchev–Trinajstić information content (AvgIpc) is 3.06. The van der Waals surface area contributed by atoms with Crippen LogP contribution in [-0.4, -0.2) is 37.2 Å². The molecule has 1 aliphatic rings. The maximum absolute atomic E-state index is 12.3. The van der Waals surface area contributed by atoms with E-state index in [4.69, 9.17) is 14.6 Å². The number of nitrogens with one attached hydrogen (secondary N) is 1. The number of carboxylic acids is 1. The summed E-state index contributed by atoms with van der Waals surface area (Å²) >= 11 is 1.52. The monoisotopic (exact) mass is 361 g/mol. The summed E-state index contributed by atoms with van der Waals surface area (Å²) in [6, 6.07) is 6.65. The van der Waals surface area contributed by atoms with E-state index in [1.165, 1.54) is 35.5 Å². The first-order valence-electron chi connectivity index (χ1n) is 7.96. The molecule has 0 fully saturated rings. The van der Waals surface area contributed by atoms with Crippen molar-refractivity contribution < 1.29 is 24.2 Å². The maximum Gasteiger partial charge on any atom is 0.335 e. The van der Waals surface area contributed by atoms with Crippen LogP contribution in [0.2, 0.25) is 0 Å². The zero-order valence-corrected chi connectivity index (χ0v) is 14.6. The fourth-order valence-corrected chi connectivity index (χ4v) is 3.81. The zero-order chi connectivity index (χ0) is 17.8. The van der Waals surface area contributed by atoms with Crippen molar-refractivity contribution in [3.63, 3.8) is 0 Å². The molecule has 25 heavy (non-hydrogen) atoms. The van der Waals surface area contributed by atoms with Gasteiger partial charge in [0.15, 0.2) is 0 Å². The van der Waals surface area contributed by atoms with Crippen LogP contribution in [-0.2, 0) is 24.2 Å². The number of aromatic carboxylic acids is 1. The first-order chi connectivity index (χ1) is 12.1. The topological polar surface area (TPSA) is 84.9 Å². The predicted octanol–water partition coefficient (Wildman–Crippen LogP) is 2.50. The molecule has 2 heterocycles. The van der Waals surface area contributed by atoms with Gasteiger partial charge in [-0.05, 0) is 35.7 Å². The first-order valence-corrected chi connectivity index (χ1v) is 8.78. The number of ether oxygens (including phenoxy) is 2. The number of methoxy groups -OCH3 is 1. The van der Waals surface area contributed by atoms with E-state index in [0.717, 1.165) is 17.5 Å². The maximum atomic E-state index is 12.3. The molecule has 2 N–H and O–H groups in total. The molecular formula is C18H19NO5S. The fraction of sp³-hybridized carbons (Fsp3) is 0.333. The van der Waals surface area contributed by atoms with E-state index < -0.39 is 5.97 Å². The Morgan fingerprint density at radius 1 is 1.36 bits per heavy atom. The Balaban J connectivity index is 1.60. The van der Waals surface area contributed by atoms with E-state index in [9.17, 15) is 9.59 Å². The van der Waals surface area contributed by atoms with Crippen molar-refractivity contribution in [2.75, 3.05) is 20.3 Å². The van der Waals surface area contributed by atoms with Crippen molar-refractivity contribution in [1.29, 1.82) is 0 Å². The van der Waals surface area contributed by atoms with Gasteiger partial charge in [-0.1, -0.05) is 6.07 Å². The van der Waals surface area contributed by atoms with Crippen LogP contribution >= 0.6 is 11.3 Å². The molecule has 0 unspecified atom stereocenters. The second kappa shape index (κ2) is 7.67. The van der Waals surface area contributed by atoms with E-state index >= 15 is 0 Å². The molecule has 1 aromatic heterocycles. The lowest BCUT2D eigenvalue weighted by Crippen LogP contribution is -2.25. The third kappa shape index (κ3) is 4.00. The summed E-state index contributed by atoms with van der Waals surface area (Å²) in [6.45, 7) is 1.73. The zero-order valence-electron chi connectivity index (χ0n) is 13.8. The van der Waals surface area contributed by atoms with Gasteiger partial charge < -0.3 is 19.9 Å². The van der Waals surface area contributed by atoms with Crippen LogP contribution in [0.15, 0.2) is 24.3 Å². The lowest BCUT2D eigenvalue weighted by Gasteiger charge is -2.10. The summed E-state index contributed by atoms with van der Waals surface area (Å²) < 4.78 is 10.6. The SMILES string of the molecule is COc1cc(C(=O)O)ccc1CCNC(=O)c1cc2c(s1)CCOC2. The molecule has 6 nitrogen and oxygen atoms in total. The summed E-state index contributed by atoms with van der Waals surface area (Å²) in [5.74, 6) is -0.581. The van der Waals surface area contributed by atoms with Crippen LogP contribution in [0, 0.1) is 0 Å². The van der Waals surface area contributed by atoms with Gasteiger partial charge in [0.1, 0.15) is 5.75 Å². The number of carbonyl (C=O) groups is 2. The lowest BCUT2D eigenvalue weighted by atomic mass is 10.1. The normalized spacial score (nSPS) is 13.2. The Kier molecular flexibility index (Phi) is 5.35. The molecule has 0 radical (unpaired) electrons. The Morgan fingerprint density at radius 2 is 2.20 bits per heavy atom. The highest BCUT2D eigenvalue weighted by atomic mass is 32.1. The van der Waals surface area contributed by atoms with E-state index in [1.807, 2.05) is 6.07 Å². The van der Waals surface area contributed by atoms with Gasteiger partial charge in [0.05, 0.1) is 30.8 Å². The Morgan fingerprint density at radius 3 is 2.92 bits per heavy atom. The van der Waals surface area contributed by atoms with Crippen molar-refractivity contribution in [3.8, 4) is 5.75 Å². The number of hydrogen-bond donors (Lipinski definition) is 2. The van der Waals surface area contributed by atoms with Crippen molar-refractivity contribution >= 4 is 23.2 Å². The third-order valence-corrected chi connectivity index (χ3v) is 5.30. The smallest absolute Gasteiger partial charge is 0.335 e. The summed E-state index contributed by atoms with van der Waals surface area (Å²) in [7, 11) is 1.50. The number of rotatable bonds is 6. The number of benzene rings is 1. The molecule has 1 amide bonds. The molecule has 0 spiro atoms. The number of hydrogen-bond acceptors (Lipinski definition) is 5. The predicted molar refractivity (Wildman–Crippen MR) is 93.7 cm³/mol. The second-order valence-corrected chi connectivity index (χ2v) is 6.84. The number of thiophene rings is 1. The lowest BCUT2D eigenvalue weighted by molar-refractivity contribution is 0.0696. The van der Waals surface area contributed by atoms with E-state index in [-0.39, 0.29) is 11.5 Å². The second-order valence-electron chi connectivity index (χ2n) is 5.70. The van der Waals surface area contributed by atoms with Crippen LogP contribution in [0.5, 0.6) is 5.75 Å². The first kappa shape index (κ1) is 17.4. The van der Waals surface area contributed by atoms with Crippen LogP contribution in [0.25, 0.3) is 0 Å². The standard InChI is InChI=1S/C18H19NO5S/c1-23-14-8-12(18(21)22)3-2-11(14)4-6-19-17(20)16-9-13-10-24-7-5-15(13)25-16/h2-3,8-9H,4-7,10H2,1H3,(H,19,20)(H,21,22). The number of carbonyl (C=O) groups excluding carboxylic acids is 1. The summed E-state index contributed by atoms with van der Waals surface area (Å²) in [4.78, 5) is 25.2. The molecule has 1 aromatic carbocycles. The van der Waals surface area contributed by atoms with Gasteiger partial charge >= 0.3 is 5.97 Å². The van der Waals surface area contributed by atoms with Gasteiger partial charge in [-0.15, -0.1) is 11.3 Å². The third-order valence-electron chi connectivity index (χ3n) is 4.07. The number of carboxylic acid groups (broad SMARTS) is 1. The minimum atomic E-state index is -0.996. The molecule has 3 rings (SSSR count). The quantitative estimate of drug-likeness (QED) is 0.826. The minimum absolute atomic E-state index is 0.0967. The van der Waals surface area contributed by atoms with Gasteiger partial charge in [0.2, 0.25) is 0 Å². The van der Waals surface area contributed by atoms with Gasteiger partial charge in [-0.2, -0.15) is 0 Å². The summed E-state index contributed by atoms with van der Waals surface area (Å²) in [6.07, 6.45) is 1.42. The van der Waals surface area contributed by atoms with Crippen LogP contribution in [0.1, 0.15) is 36.0 Å². The summed E-state index contributed by atoms with van der Waals surface area (Å²) in [5.41, 5.74) is 2.13. The Bertz CT molecular complexity index is 775. The van der Waals surface area contributed by atoms with E-state index in [1.54, 1.807) is 6.07 Å². The van der Waals surface area contributed by atoms with E-state index in [0.29, 0.717) is 36.8 Å². The molecule has 7 heteroatoms. The van der Waals surface area contributed by atoms with Crippen LogP contribution in [0.4, 0.5) is 0 Å². The minimum Gasteiger partial charge on any atom is -0.496 e. The van der Waals surface area contributed by atoms with Gasteiger partial charge in [-0.3, -0.25) is 4.79 Å². The molecule has 1 aliphatic heterocycles. The highest BCUT2D eigenvalue weighted by molar-refractivity contribution is 7.14. The molecule has 0 aliphatic carbocycles. The molecule has 2 aromatic rings. The van der Waals surface area contributed by atoms with Gasteiger partial charge in [0, 0.05) is 17.8 Å². The molecule has 132 valence electrons. The molecular weight excluding hydrogens is 342 g/mol. The van der Waals surface area contributed by atoms with Crippen LogP contribution in [0.3, 0.4) is 0 Å². The van der Waals surface area contributed by atoms with Gasteiger partial charge in [0.25, 0.3) is 5.91 Å². The van der Waals surface area contributed by atoms with Crippen molar-refractivity contribution in [2.24, 2.45) is 0 Å². The Labute approximate surface area is 149 Å². The molecule has 0 saturated carbocycles. The van der Waals surface area contributed by atoms with Gasteiger partial charge in [-0.25, -0.2) is 4.79 Å². The largest absolute Gasteiger partial charge is 0.496 e. The van der Waals surface area contributed by atoms with Crippen LogP contribution < -0.4 is 10.1 Å².